The van der Waals surface area contributed by atoms with E-state index in [0.29, 0.717) is 19.3 Å². The minimum atomic E-state index is -0.822. The summed E-state index contributed by atoms with van der Waals surface area (Å²) >= 11 is 0. The first kappa shape index (κ1) is 58.6. The van der Waals surface area contributed by atoms with Crippen LogP contribution in [0.15, 0.2) is 85.1 Å². The van der Waals surface area contributed by atoms with Gasteiger partial charge < -0.3 is 14.2 Å². The Balaban J connectivity index is 4.48. The van der Waals surface area contributed by atoms with Gasteiger partial charge in [0.2, 0.25) is 0 Å². The molecular weight excluding hydrogens is 769 g/mol. The van der Waals surface area contributed by atoms with Gasteiger partial charge in [-0.3, -0.25) is 14.4 Å². The minimum absolute atomic E-state index is 0.114. The monoisotopic (exact) mass is 863 g/mol. The number of ether oxygens (including phenoxy) is 3. The highest BCUT2D eigenvalue weighted by molar-refractivity contribution is 5.71. The van der Waals surface area contributed by atoms with E-state index in [1.54, 1.807) is 0 Å². The topological polar surface area (TPSA) is 78.9 Å². The number of carbonyl (C=O) groups excluding carboxylic acids is 3. The Morgan fingerprint density at radius 1 is 0.355 bits per heavy atom. The lowest BCUT2D eigenvalue weighted by Crippen LogP contribution is -2.30. The van der Waals surface area contributed by atoms with Gasteiger partial charge in [-0.05, 0) is 83.5 Å². The number of esters is 3. The van der Waals surface area contributed by atoms with Crippen LogP contribution in [0.3, 0.4) is 0 Å². The van der Waals surface area contributed by atoms with Gasteiger partial charge in [0.05, 0.1) is 0 Å². The summed E-state index contributed by atoms with van der Waals surface area (Å²) in [5.74, 6) is -1.03. The van der Waals surface area contributed by atoms with E-state index >= 15 is 0 Å². The van der Waals surface area contributed by atoms with Gasteiger partial charge in [-0.2, -0.15) is 0 Å². The second kappa shape index (κ2) is 50.2. The maximum atomic E-state index is 12.7. The van der Waals surface area contributed by atoms with Crippen LogP contribution in [0.4, 0.5) is 0 Å². The molecule has 0 aromatic carbocycles. The molecular formula is C56H94O6. The summed E-state index contributed by atoms with van der Waals surface area (Å²) in [4.78, 5) is 37.9. The first-order valence-electron chi connectivity index (χ1n) is 25.6. The lowest BCUT2D eigenvalue weighted by molar-refractivity contribution is -0.166. The van der Waals surface area contributed by atoms with E-state index in [9.17, 15) is 14.4 Å². The Morgan fingerprint density at radius 3 is 1.24 bits per heavy atom. The average Bonchev–Trinajstić information content (AvgIpc) is 3.27. The van der Waals surface area contributed by atoms with Gasteiger partial charge in [-0.1, -0.05) is 215 Å². The first-order valence-corrected chi connectivity index (χ1v) is 25.6. The molecule has 0 aliphatic carbocycles. The molecule has 0 saturated heterocycles. The predicted octanol–water partition coefficient (Wildman–Crippen LogP) is 16.8. The Morgan fingerprint density at radius 2 is 0.726 bits per heavy atom. The third kappa shape index (κ3) is 47.6. The van der Waals surface area contributed by atoms with Crippen LogP contribution < -0.4 is 0 Å². The number of hydrogen-bond acceptors (Lipinski definition) is 6. The molecule has 0 amide bonds. The van der Waals surface area contributed by atoms with Gasteiger partial charge in [0.25, 0.3) is 0 Å². The third-order valence-electron chi connectivity index (χ3n) is 10.7. The van der Waals surface area contributed by atoms with Crippen molar-refractivity contribution in [1.29, 1.82) is 0 Å². The van der Waals surface area contributed by atoms with E-state index in [0.717, 1.165) is 70.6 Å². The SMILES string of the molecule is CC\C=C/C=C\C=C/C=C\CCCCCC(=O)OC(COC(=O)CC/C=C\C/C=C\CCCCCCCC)COC(=O)CCCCCCC/C=C\CCCCCCCCCCC. The van der Waals surface area contributed by atoms with Crippen molar-refractivity contribution >= 4 is 17.9 Å². The number of allylic oxidation sites excluding steroid dienone is 14. The molecule has 6 nitrogen and oxygen atoms in total. The zero-order chi connectivity index (χ0) is 45.1. The molecule has 0 rings (SSSR count). The molecule has 1 unspecified atom stereocenters. The van der Waals surface area contributed by atoms with E-state index in [4.69, 9.17) is 14.2 Å². The van der Waals surface area contributed by atoms with Crippen molar-refractivity contribution in [1.82, 2.24) is 0 Å². The molecule has 6 heteroatoms. The van der Waals surface area contributed by atoms with Crippen LogP contribution in [0.1, 0.15) is 233 Å². The van der Waals surface area contributed by atoms with Crippen LogP contribution in [0.25, 0.3) is 0 Å². The second-order valence-electron chi connectivity index (χ2n) is 16.8. The van der Waals surface area contributed by atoms with Crippen molar-refractivity contribution in [3.05, 3.63) is 85.1 Å². The quantitative estimate of drug-likeness (QED) is 0.0199. The molecule has 1 atom stereocenters. The predicted molar refractivity (Wildman–Crippen MR) is 265 cm³/mol. The van der Waals surface area contributed by atoms with Crippen LogP contribution >= 0.6 is 0 Å². The molecule has 62 heavy (non-hydrogen) atoms. The van der Waals surface area contributed by atoms with Crippen molar-refractivity contribution < 1.29 is 28.6 Å². The van der Waals surface area contributed by atoms with Crippen LogP contribution in [-0.4, -0.2) is 37.2 Å². The van der Waals surface area contributed by atoms with E-state index in [1.807, 2.05) is 42.5 Å². The second-order valence-corrected chi connectivity index (χ2v) is 16.8. The van der Waals surface area contributed by atoms with Gasteiger partial charge in [-0.15, -0.1) is 0 Å². The molecule has 354 valence electrons. The van der Waals surface area contributed by atoms with Crippen LogP contribution in [0, 0.1) is 0 Å². The van der Waals surface area contributed by atoms with Crippen molar-refractivity contribution in [3.8, 4) is 0 Å². The van der Waals surface area contributed by atoms with Gasteiger partial charge in [0.1, 0.15) is 13.2 Å². The maximum Gasteiger partial charge on any atom is 0.306 e. The lowest BCUT2D eigenvalue weighted by Gasteiger charge is -2.18. The van der Waals surface area contributed by atoms with Gasteiger partial charge >= 0.3 is 17.9 Å². The van der Waals surface area contributed by atoms with Crippen molar-refractivity contribution in [2.24, 2.45) is 0 Å². The fourth-order valence-electron chi connectivity index (χ4n) is 6.85. The molecule has 0 aliphatic heterocycles. The number of rotatable bonds is 45. The minimum Gasteiger partial charge on any atom is -0.462 e. The maximum absolute atomic E-state index is 12.7. The van der Waals surface area contributed by atoms with Gasteiger partial charge in [0.15, 0.2) is 6.10 Å². The van der Waals surface area contributed by atoms with Crippen molar-refractivity contribution in [2.75, 3.05) is 13.2 Å². The molecule has 0 radical (unpaired) electrons. The highest BCUT2D eigenvalue weighted by Crippen LogP contribution is 2.13. The summed E-state index contributed by atoms with van der Waals surface area (Å²) in [5.41, 5.74) is 0. The Labute approximate surface area is 382 Å². The molecule has 0 aromatic heterocycles. The molecule has 0 aromatic rings. The molecule has 0 saturated carbocycles. The van der Waals surface area contributed by atoms with Crippen LogP contribution in [-0.2, 0) is 28.6 Å². The van der Waals surface area contributed by atoms with Crippen molar-refractivity contribution in [3.63, 3.8) is 0 Å². The standard InChI is InChI=1S/C56H94O6/c1-4-7-10-13-16-19-22-25-26-27-28-29-32-34-37-40-43-46-49-55(58)61-52-53(62-56(59)50-47-44-41-38-35-31-24-21-18-15-12-9-6-3)51-60-54(57)48-45-42-39-36-33-30-23-20-17-14-11-8-5-2/h9,12,15,18,21,24,28-31,33,35,39,42,53H,4-8,10-11,13-14,16-17,19-20,22-23,25-27,32,34,36-38,40-41,43-52H2,1-3H3/b12-9-,18-15-,24-21-,29-28-,33-30-,35-31-,42-39-. The molecule has 0 aliphatic rings. The highest BCUT2D eigenvalue weighted by Gasteiger charge is 2.19. The average molecular weight is 863 g/mol. The summed E-state index contributed by atoms with van der Waals surface area (Å²) in [6, 6.07) is 0. The van der Waals surface area contributed by atoms with E-state index < -0.39 is 6.10 Å². The van der Waals surface area contributed by atoms with Crippen molar-refractivity contribution in [2.45, 2.75) is 239 Å². The number of carbonyl (C=O) groups is 3. The first-order chi connectivity index (χ1) is 30.5. The van der Waals surface area contributed by atoms with E-state index in [-0.39, 0.29) is 44.0 Å². The molecule has 0 spiro atoms. The summed E-state index contributed by atoms with van der Waals surface area (Å²) in [6.07, 6.45) is 64.4. The number of unbranched alkanes of at least 4 members (excludes halogenated alkanes) is 23. The Hall–Kier alpha value is -3.41. The van der Waals surface area contributed by atoms with E-state index in [2.05, 4.69) is 63.3 Å². The molecule has 0 fully saturated rings. The number of hydrogen-bond donors (Lipinski definition) is 0. The summed E-state index contributed by atoms with van der Waals surface area (Å²) in [7, 11) is 0. The van der Waals surface area contributed by atoms with E-state index in [1.165, 1.54) is 109 Å². The van der Waals surface area contributed by atoms with Crippen LogP contribution in [0.2, 0.25) is 0 Å². The lowest BCUT2D eigenvalue weighted by atomic mass is 10.1. The normalized spacial score (nSPS) is 12.8. The Kier molecular flexibility index (Phi) is 47.5. The van der Waals surface area contributed by atoms with Gasteiger partial charge in [-0.25, -0.2) is 0 Å². The summed E-state index contributed by atoms with van der Waals surface area (Å²) in [6.45, 7) is 6.39. The largest absolute Gasteiger partial charge is 0.462 e. The smallest absolute Gasteiger partial charge is 0.306 e. The third-order valence-corrected chi connectivity index (χ3v) is 10.7. The summed E-state index contributed by atoms with van der Waals surface area (Å²) < 4.78 is 16.7. The molecule has 0 N–H and O–H groups in total. The zero-order valence-corrected chi connectivity index (χ0v) is 40.4. The molecule has 0 bridgehead atoms. The highest BCUT2D eigenvalue weighted by atomic mass is 16.6. The molecule has 0 heterocycles. The fraction of sp³-hybridized carbons (Fsp3) is 0.696. The summed E-state index contributed by atoms with van der Waals surface area (Å²) in [5, 5.41) is 0. The van der Waals surface area contributed by atoms with Gasteiger partial charge in [0, 0.05) is 19.3 Å². The fourth-order valence-corrected chi connectivity index (χ4v) is 6.85. The Bertz CT molecular complexity index is 1220. The van der Waals surface area contributed by atoms with Crippen LogP contribution in [0.5, 0.6) is 0 Å². The zero-order valence-electron chi connectivity index (χ0n) is 40.4.